The fourth-order valence-corrected chi connectivity index (χ4v) is 1.47. The van der Waals surface area contributed by atoms with Crippen LogP contribution in [0.5, 0.6) is 0 Å². The molecule has 1 aliphatic rings. The zero-order valence-corrected chi connectivity index (χ0v) is 9.07. The highest BCUT2D eigenvalue weighted by molar-refractivity contribution is 5.98. The summed E-state index contributed by atoms with van der Waals surface area (Å²) >= 11 is 0. The molecule has 0 spiro atoms. The van der Waals surface area contributed by atoms with Crippen LogP contribution in [-0.4, -0.2) is 34.6 Å². The molecule has 1 amide bonds. The number of non-ortho nitro benzene ring substituents is 1. The van der Waals surface area contributed by atoms with Gasteiger partial charge >= 0.3 is 0 Å². The molecule has 2 rings (SSSR count). The molecule has 1 aliphatic heterocycles. The molecule has 0 aromatic heterocycles. The minimum absolute atomic E-state index is 0.0265. The summed E-state index contributed by atoms with van der Waals surface area (Å²) in [5.41, 5.74) is 1.98. The minimum atomic E-state index is -0.805. The number of nitro groups is 1. The molecule has 0 saturated heterocycles. The predicted molar refractivity (Wildman–Crippen MR) is 59.3 cm³/mol. The first-order valence-corrected chi connectivity index (χ1v) is 5.01. The number of amides is 1. The number of carbonyl (C=O) groups excluding carboxylic acids is 1. The Morgan fingerprint density at radius 2 is 2.17 bits per heavy atom. The van der Waals surface area contributed by atoms with Crippen molar-refractivity contribution in [1.82, 2.24) is 5.48 Å². The van der Waals surface area contributed by atoms with Crippen molar-refractivity contribution in [2.24, 2.45) is 4.99 Å². The normalized spacial score (nSPS) is 17.8. The first-order valence-electron chi connectivity index (χ1n) is 5.01. The van der Waals surface area contributed by atoms with Crippen LogP contribution >= 0.6 is 0 Å². The maximum Gasteiger partial charge on any atom is 0.271 e. The zero-order chi connectivity index (χ0) is 13.1. The molecule has 1 atom stereocenters. The number of hydroxylamine groups is 1. The summed E-state index contributed by atoms with van der Waals surface area (Å²) in [6.45, 7) is 0.0265. The second kappa shape index (κ2) is 4.80. The summed E-state index contributed by atoms with van der Waals surface area (Å²) in [4.78, 5) is 25.0. The lowest BCUT2D eigenvalue weighted by molar-refractivity contribution is -0.384. The summed E-state index contributed by atoms with van der Waals surface area (Å²) in [6.07, 6.45) is 0. The second-order valence-corrected chi connectivity index (χ2v) is 3.54. The van der Waals surface area contributed by atoms with Crippen LogP contribution in [0.2, 0.25) is 0 Å². The van der Waals surface area contributed by atoms with Crippen molar-refractivity contribution in [2.45, 2.75) is 6.04 Å². The van der Waals surface area contributed by atoms with Gasteiger partial charge in [0.15, 0.2) is 6.04 Å². The highest BCUT2D eigenvalue weighted by Gasteiger charge is 2.26. The molecule has 2 N–H and O–H groups in total. The summed E-state index contributed by atoms with van der Waals surface area (Å²) in [7, 11) is 0. The Balaban J connectivity index is 2.18. The molecule has 94 valence electrons. The van der Waals surface area contributed by atoms with E-state index in [1.165, 1.54) is 29.7 Å². The molecular weight excluding hydrogens is 242 g/mol. The van der Waals surface area contributed by atoms with Gasteiger partial charge in [-0.05, 0) is 12.1 Å². The third-order valence-electron chi connectivity index (χ3n) is 2.39. The van der Waals surface area contributed by atoms with Crippen molar-refractivity contribution >= 4 is 17.5 Å². The molecule has 0 radical (unpaired) electrons. The summed E-state index contributed by atoms with van der Waals surface area (Å²) in [6, 6.07) is 4.80. The van der Waals surface area contributed by atoms with Gasteiger partial charge in [-0.3, -0.25) is 20.1 Å². The minimum Gasteiger partial charge on any atom is -0.475 e. The van der Waals surface area contributed by atoms with Gasteiger partial charge in [0.2, 0.25) is 5.90 Å². The summed E-state index contributed by atoms with van der Waals surface area (Å²) in [5.74, 6) is -0.439. The Labute approximate surface area is 101 Å². The SMILES string of the molecule is O=C(NO)[C@H]1COC(c2ccc([N+](=O)[O-])cc2)=N1. The van der Waals surface area contributed by atoms with Crippen LogP contribution < -0.4 is 5.48 Å². The van der Waals surface area contributed by atoms with E-state index in [2.05, 4.69) is 4.99 Å². The van der Waals surface area contributed by atoms with E-state index >= 15 is 0 Å². The van der Waals surface area contributed by atoms with Crippen LogP contribution in [0, 0.1) is 10.1 Å². The second-order valence-electron chi connectivity index (χ2n) is 3.54. The summed E-state index contributed by atoms with van der Waals surface area (Å²) in [5, 5.41) is 18.9. The lowest BCUT2D eigenvalue weighted by atomic mass is 10.2. The number of benzene rings is 1. The van der Waals surface area contributed by atoms with Crippen LogP contribution in [-0.2, 0) is 9.53 Å². The predicted octanol–water partition coefficient (Wildman–Crippen LogP) is 0.246. The quantitative estimate of drug-likeness (QED) is 0.454. The number of aliphatic imine (C=N–C) groups is 1. The molecule has 8 heteroatoms. The number of carbonyl (C=O) groups is 1. The highest BCUT2D eigenvalue weighted by atomic mass is 16.6. The van der Waals surface area contributed by atoms with Crippen molar-refractivity contribution in [3.05, 3.63) is 39.9 Å². The van der Waals surface area contributed by atoms with Crippen LogP contribution in [0.25, 0.3) is 0 Å². The number of hydrogen-bond donors (Lipinski definition) is 2. The lowest BCUT2D eigenvalue weighted by Crippen LogP contribution is -2.31. The fourth-order valence-electron chi connectivity index (χ4n) is 1.47. The number of rotatable bonds is 3. The van der Waals surface area contributed by atoms with Gasteiger partial charge in [-0.2, -0.15) is 0 Å². The first kappa shape index (κ1) is 12.0. The van der Waals surface area contributed by atoms with E-state index in [0.717, 1.165) is 0 Å². The Morgan fingerprint density at radius 3 is 2.72 bits per heavy atom. The van der Waals surface area contributed by atoms with Crippen molar-refractivity contribution in [3.63, 3.8) is 0 Å². The number of ether oxygens (including phenoxy) is 1. The topological polar surface area (TPSA) is 114 Å². The van der Waals surface area contributed by atoms with Gasteiger partial charge < -0.3 is 4.74 Å². The largest absolute Gasteiger partial charge is 0.475 e. The molecule has 1 aromatic rings. The number of nitrogens with zero attached hydrogens (tertiary/aromatic N) is 2. The Kier molecular flexibility index (Phi) is 3.20. The van der Waals surface area contributed by atoms with Crippen molar-refractivity contribution in [2.75, 3.05) is 6.61 Å². The molecule has 0 bridgehead atoms. The van der Waals surface area contributed by atoms with Gasteiger partial charge in [-0.1, -0.05) is 0 Å². The standard InChI is InChI=1S/C10H9N3O5/c14-9(12-15)8-5-18-10(11-8)6-1-3-7(4-2-6)13(16)17/h1-4,8,15H,5H2,(H,12,14)/t8-/m1/s1. The van der Waals surface area contributed by atoms with E-state index in [1.54, 1.807) is 0 Å². The van der Waals surface area contributed by atoms with Gasteiger partial charge in [0.1, 0.15) is 6.61 Å². The van der Waals surface area contributed by atoms with Gasteiger partial charge in [0.05, 0.1) is 4.92 Å². The fraction of sp³-hybridized carbons (Fsp3) is 0.200. The van der Waals surface area contributed by atoms with Crippen molar-refractivity contribution < 1.29 is 19.7 Å². The molecular formula is C10H9N3O5. The maximum absolute atomic E-state index is 11.1. The van der Waals surface area contributed by atoms with Crippen molar-refractivity contribution in [1.29, 1.82) is 0 Å². The van der Waals surface area contributed by atoms with E-state index < -0.39 is 16.9 Å². The maximum atomic E-state index is 11.1. The molecule has 0 aliphatic carbocycles. The average Bonchev–Trinajstić information content (AvgIpc) is 2.87. The number of hydrogen-bond acceptors (Lipinski definition) is 6. The van der Waals surface area contributed by atoms with Crippen LogP contribution in [0.4, 0.5) is 5.69 Å². The summed E-state index contributed by atoms with van der Waals surface area (Å²) < 4.78 is 5.18. The number of nitro benzene ring substituents is 1. The molecule has 8 nitrogen and oxygen atoms in total. The van der Waals surface area contributed by atoms with E-state index in [4.69, 9.17) is 9.94 Å². The van der Waals surface area contributed by atoms with Gasteiger partial charge in [0.25, 0.3) is 11.6 Å². The smallest absolute Gasteiger partial charge is 0.271 e. The molecule has 0 unspecified atom stereocenters. The van der Waals surface area contributed by atoms with Crippen molar-refractivity contribution in [3.8, 4) is 0 Å². The van der Waals surface area contributed by atoms with Crippen LogP contribution in [0.1, 0.15) is 5.56 Å². The van der Waals surface area contributed by atoms with Crippen LogP contribution in [0.3, 0.4) is 0 Å². The lowest BCUT2D eigenvalue weighted by Gasteiger charge is -2.00. The Bertz CT molecular complexity index is 511. The third-order valence-corrected chi connectivity index (χ3v) is 2.39. The average molecular weight is 251 g/mol. The molecule has 18 heavy (non-hydrogen) atoms. The first-order chi connectivity index (χ1) is 8.61. The third kappa shape index (κ3) is 2.28. The van der Waals surface area contributed by atoms with E-state index in [9.17, 15) is 14.9 Å². The molecule has 0 fully saturated rings. The van der Waals surface area contributed by atoms with Gasteiger partial charge in [-0.25, -0.2) is 10.5 Å². The Hall–Kier alpha value is -2.48. The molecule has 1 aromatic carbocycles. The Morgan fingerprint density at radius 1 is 1.50 bits per heavy atom. The number of nitrogens with one attached hydrogen (secondary N) is 1. The van der Waals surface area contributed by atoms with E-state index in [0.29, 0.717) is 5.56 Å². The zero-order valence-electron chi connectivity index (χ0n) is 9.07. The van der Waals surface area contributed by atoms with Gasteiger partial charge in [-0.15, -0.1) is 0 Å². The molecule has 1 heterocycles. The van der Waals surface area contributed by atoms with Crippen LogP contribution in [0.15, 0.2) is 29.3 Å². The van der Waals surface area contributed by atoms with E-state index in [1.807, 2.05) is 0 Å². The highest BCUT2D eigenvalue weighted by Crippen LogP contribution is 2.16. The monoisotopic (exact) mass is 251 g/mol. The van der Waals surface area contributed by atoms with E-state index in [-0.39, 0.29) is 18.2 Å². The molecule has 0 saturated carbocycles. The van der Waals surface area contributed by atoms with Gasteiger partial charge in [0, 0.05) is 17.7 Å².